The van der Waals surface area contributed by atoms with Gasteiger partial charge in [0.1, 0.15) is 0 Å². The molecule has 0 rings (SSSR count). The van der Waals surface area contributed by atoms with Gasteiger partial charge in [0.2, 0.25) is 0 Å². The van der Waals surface area contributed by atoms with Crippen molar-refractivity contribution in [2.24, 2.45) is 5.41 Å². The SMILES string of the molecule is CC(C)(C)CCOP(C)(=O)SCC[N+](C)(C)C. The minimum absolute atomic E-state index is 0.243. The molecule has 5 heteroatoms. The van der Waals surface area contributed by atoms with Crippen LogP contribution < -0.4 is 0 Å². The van der Waals surface area contributed by atoms with Gasteiger partial charge in [-0.1, -0.05) is 32.2 Å². The number of hydrogen-bond donors (Lipinski definition) is 0. The Morgan fingerprint density at radius 2 is 1.76 bits per heavy atom. The summed E-state index contributed by atoms with van der Waals surface area (Å²) in [6.45, 7) is 7.37. The van der Waals surface area contributed by atoms with E-state index in [2.05, 4.69) is 41.9 Å². The van der Waals surface area contributed by atoms with Crippen molar-refractivity contribution in [3.63, 3.8) is 0 Å². The Hall–Kier alpha value is 0.500. The molecule has 0 radical (unpaired) electrons. The lowest BCUT2D eigenvalue weighted by Gasteiger charge is -2.24. The second kappa shape index (κ2) is 6.60. The molecule has 0 N–H and O–H groups in total. The van der Waals surface area contributed by atoms with E-state index in [0.29, 0.717) is 6.61 Å². The van der Waals surface area contributed by atoms with Crippen LogP contribution in [0.25, 0.3) is 0 Å². The van der Waals surface area contributed by atoms with Gasteiger partial charge in [-0.15, -0.1) is 0 Å². The summed E-state index contributed by atoms with van der Waals surface area (Å²) in [7, 11) is 6.42. The van der Waals surface area contributed by atoms with Crippen LogP contribution in [-0.4, -0.2) is 51.2 Å². The van der Waals surface area contributed by atoms with Crippen molar-refractivity contribution in [2.75, 3.05) is 46.7 Å². The van der Waals surface area contributed by atoms with Crippen LogP contribution in [0.1, 0.15) is 27.2 Å². The quantitative estimate of drug-likeness (QED) is 0.526. The fourth-order valence-corrected chi connectivity index (χ4v) is 4.18. The van der Waals surface area contributed by atoms with Crippen molar-refractivity contribution in [1.82, 2.24) is 0 Å². The van der Waals surface area contributed by atoms with E-state index in [4.69, 9.17) is 4.52 Å². The predicted molar refractivity (Wildman–Crippen MR) is 78.9 cm³/mol. The number of nitrogens with zero attached hydrogens (tertiary/aromatic N) is 1. The van der Waals surface area contributed by atoms with E-state index in [-0.39, 0.29) is 5.41 Å². The van der Waals surface area contributed by atoms with Crippen molar-refractivity contribution in [3.8, 4) is 0 Å². The molecule has 0 spiro atoms. The molecule has 17 heavy (non-hydrogen) atoms. The molecule has 0 bridgehead atoms. The van der Waals surface area contributed by atoms with Gasteiger partial charge in [-0.3, -0.25) is 4.57 Å². The predicted octanol–water partition coefficient (Wildman–Crippen LogP) is 3.70. The molecule has 0 saturated heterocycles. The zero-order valence-corrected chi connectivity index (χ0v) is 14.2. The highest BCUT2D eigenvalue weighted by Gasteiger charge is 2.20. The van der Waals surface area contributed by atoms with E-state index in [1.165, 1.54) is 11.4 Å². The highest BCUT2D eigenvalue weighted by atomic mass is 32.7. The Labute approximate surface area is 111 Å². The molecule has 0 aliphatic rings. The zero-order valence-electron chi connectivity index (χ0n) is 12.4. The molecular formula is C12H29NO2PS+. The second-order valence-electron chi connectivity index (χ2n) is 6.76. The molecule has 0 fully saturated rings. The molecule has 0 aliphatic carbocycles. The van der Waals surface area contributed by atoms with Crippen LogP contribution in [0.3, 0.4) is 0 Å². The average Bonchev–Trinajstić information content (AvgIpc) is 1.96. The Bertz CT molecular complexity index is 245. The van der Waals surface area contributed by atoms with E-state index in [1.807, 2.05) is 0 Å². The maximum absolute atomic E-state index is 12.1. The highest BCUT2D eigenvalue weighted by molar-refractivity contribution is 8.56. The third kappa shape index (κ3) is 12.7. The first-order valence-electron chi connectivity index (χ1n) is 6.08. The molecule has 1 atom stereocenters. The minimum Gasteiger partial charge on any atom is -0.330 e. The van der Waals surface area contributed by atoms with Crippen LogP contribution in [0.2, 0.25) is 0 Å². The van der Waals surface area contributed by atoms with Gasteiger partial charge in [-0.25, -0.2) is 0 Å². The van der Waals surface area contributed by atoms with E-state index in [0.717, 1.165) is 23.2 Å². The van der Waals surface area contributed by atoms with Gasteiger partial charge < -0.3 is 9.01 Å². The van der Waals surface area contributed by atoms with Gasteiger partial charge in [0.15, 0.2) is 0 Å². The number of quaternary nitrogens is 1. The van der Waals surface area contributed by atoms with Crippen LogP contribution in [0.5, 0.6) is 0 Å². The third-order valence-electron chi connectivity index (χ3n) is 2.27. The number of hydrogen-bond acceptors (Lipinski definition) is 3. The molecule has 0 saturated carbocycles. The van der Waals surface area contributed by atoms with E-state index in [9.17, 15) is 4.57 Å². The van der Waals surface area contributed by atoms with E-state index in [1.54, 1.807) is 6.66 Å². The van der Waals surface area contributed by atoms with Gasteiger partial charge in [0.05, 0.1) is 40.0 Å². The smallest absolute Gasteiger partial charge is 0.254 e. The van der Waals surface area contributed by atoms with Gasteiger partial charge >= 0.3 is 0 Å². The maximum atomic E-state index is 12.1. The van der Waals surface area contributed by atoms with E-state index < -0.39 is 6.57 Å². The Balaban J connectivity index is 3.85. The van der Waals surface area contributed by atoms with Crippen LogP contribution in [0.15, 0.2) is 0 Å². The van der Waals surface area contributed by atoms with Crippen molar-refractivity contribution in [1.29, 1.82) is 0 Å². The first-order chi connectivity index (χ1) is 7.41. The standard InChI is InChI=1S/C12H29NO2PS/c1-12(2,3)8-10-15-16(7,14)17-11-9-13(4,5)6/h8-11H2,1-7H3/q+1. The molecular weight excluding hydrogens is 253 g/mol. The third-order valence-corrected chi connectivity index (χ3v) is 6.02. The first kappa shape index (κ1) is 17.5. The fraction of sp³-hybridized carbons (Fsp3) is 1.00. The first-order valence-corrected chi connectivity index (χ1v) is 9.75. The lowest BCUT2D eigenvalue weighted by molar-refractivity contribution is -0.867. The second-order valence-corrected chi connectivity index (χ2v) is 12.0. The molecule has 104 valence electrons. The largest absolute Gasteiger partial charge is 0.330 e. The summed E-state index contributed by atoms with van der Waals surface area (Å²) >= 11 is 1.47. The molecule has 3 nitrogen and oxygen atoms in total. The molecule has 0 aromatic rings. The van der Waals surface area contributed by atoms with Gasteiger partial charge in [0, 0.05) is 6.66 Å². The molecule has 0 aliphatic heterocycles. The molecule has 0 amide bonds. The monoisotopic (exact) mass is 282 g/mol. The van der Waals surface area contributed by atoms with Crippen molar-refractivity contribution in [2.45, 2.75) is 27.2 Å². The maximum Gasteiger partial charge on any atom is 0.254 e. The summed E-state index contributed by atoms with van der Waals surface area (Å²) in [5, 5.41) is 0. The normalized spacial score (nSPS) is 16.9. The van der Waals surface area contributed by atoms with Crippen molar-refractivity contribution < 1.29 is 13.6 Å². The highest BCUT2D eigenvalue weighted by Crippen LogP contribution is 2.56. The molecule has 1 unspecified atom stereocenters. The van der Waals surface area contributed by atoms with Gasteiger partial charge in [-0.2, -0.15) is 0 Å². The lowest BCUT2D eigenvalue weighted by Crippen LogP contribution is -2.36. The Morgan fingerprint density at radius 3 is 2.18 bits per heavy atom. The molecule has 0 heterocycles. The minimum atomic E-state index is -2.46. The summed E-state index contributed by atoms with van der Waals surface area (Å²) in [5.74, 6) is 0.882. The summed E-state index contributed by atoms with van der Waals surface area (Å²) < 4.78 is 18.5. The lowest BCUT2D eigenvalue weighted by atomic mass is 9.93. The summed E-state index contributed by atoms with van der Waals surface area (Å²) in [4.78, 5) is 0. The van der Waals surface area contributed by atoms with E-state index >= 15 is 0 Å². The average molecular weight is 282 g/mol. The summed E-state index contributed by atoms with van der Waals surface area (Å²) in [6.07, 6.45) is 0.945. The molecule has 0 aromatic carbocycles. The van der Waals surface area contributed by atoms with Crippen molar-refractivity contribution >= 4 is 18.0 Å². The summed E-state index contributed by atoms with van der Waals surface area (Å²) in [6, 6.07) is 0. The van der Waals surface area contributed by atoms with Crippen LogP contribution in [0.4, 0.5) is 0 Å². The fourth-order valence-electron chi connectivity index (χ4n) is 1.04. The van der Waals surface area contributed by atoms with Crippen LogP contribution in [0, 0.1) is 5.41 Å². The van der Waals surface area contributed by atoms with Gasteiger partial charge in [-0.05, 0) is 11.8 Å². The van der Waals surface area contributed by atoms with Crippen LogP contribution in [-0.2, 0) is 9.09 Å². The van der Waals surface area contributed by atoms with Gasteiger partial charge in [0.25, 0.3) is 6.57 Å². The van der Waals surface area contributed by atoms with Crippen LogP contribution >= 0.6 is 18.0 Å². The number of rotatable bonds is 7. The van der Waals surface area contributed by atoms with Crippen molar-refractivity contribution in [3.05, 3.63) is 0 Å². The Morgan fingerprint density at radius 1 is 1.24 bits per heavy atom. The summed E-state index contributed by atoms with van der Waals surface area (Å²) in [5.41, 5.74) is 0.243. The Kier molecular flexibility index (Phi) is 6.80. The topological polar surface area (TPSA) is 26.3 Å². The zero-order chi connectivity index (χ0) is 13.7. The molecule has 0 aromatic heterocycles.